The molecule has 2 unspecified atom stereocenters. The predicted molar refractivity (Wildman–Crippen MR) is 117 cm³/mol. The van der Waals surface area contributed by atoms with Crippen molar-refractivity contribution in [3.63, 3.8) is 0 Å². The van der Waals surface area contributed by atoms with Crippen LogP contribution < -0.4 is 11.5 Å². The van der Waals surface area contributed by atoms with Gasteiger partial charge in [0.1, 0.15) is 12.0 Å². The Hall–Kier alpha value is -2.64. The molecule has 30 heavy (non-hydrogen) atoms. The number of aromatic nitrogens is 2. The highest BCUT2D eigenvalue weighted by atomic mass is 16.5. The van der Waals surface area contributed by atoms with E-state index in [1.54, 1.807) is 7.11 Å². The minimum absolute atomic E-state index is 0.0406. The number of nitrogens with two attached hydrogens (primary N) is 2. The van der Waals surface area contributed by atoms with E-state index in [1.165, 1.54) is 17.2 Å². The molecule has 1 saturated heterocycles. The van der Waals surface area contributed by atoms with Crippen LogP contribution in [0.3, 0.4) is 0 Å². The first kappa shape index (κ1) is 20.6. The maximum atomic E-state index is 12.2. The van der Waals surface area contributed by atoms with Gasteiger partial charge in [0, 0.05) is 19.6 Å². The third-order valence-electron chi connectivity index (χ3n) is 6.55. The lowest BCUT2D eigenvalue weighted by atomic mass is 9.81. The monoisotopic (exact) mass is 409 g/mol. The van der Waals surface area contributed by atoms with E-state index in [-0.39, 0.29) is 17.9 Å². The molecule has 0 spiro atoms. The molecule has 4 rings (SSSR count). The second kappa shape index (κ2) is 8.62. The van der Waals surface area contributed by atoms with Gasteiger partial charge in [-0.2, -0.15) is 5.10 Å². The highest BCUT2D eigenvalue weighted by Crippen LogP contribution is 2.37. The van der Waals surface area contributed by atoms with E-state index in [0.29, 0.717) is 12.4 Å². The Morgan fingerprint density at radius 3 is 2.87 bits per heavy atom. The topological polar surface area (TPSA) is 99.4 Å². The molecule has 1 aliphatic carbocycles. The smallest absolute Gasteiger partial charge is 0.246 e. The van der Waals surface area contributed by atoms with Crippen molar-refractivity contribution < 1.29 is 9.53 Å². The average molecular weight is 410 g/mol. The lowest BCUT2D eigenvalue weighted by Gasteiger charge is -2.25. The van der Waals surface area contributed by atoms with Crippen LogP contribution in [0.2, 0.25) is 0 Å². The fourth-order valence-corrected chi connectivity index (χ4v) is 4.92. The van der Waals surface area contributed by atoms with Gasteiger partial charge in [-0.3, -0.25) is 4.79 Å². The van der Waals surface area contributed by atoms with Crippen molar-refractivity contribution >= 4 is 11.7 Å². The molecule has 7 heteroatoms. The van der Waals surface area contributed by atoms with E-state index in [0.717, 1.165) is 49.9 Å². The summed E-state index contributed by atoms with van der Waals surface area (Å²) in [7, 11) is 1.59. The number of carbonyl (C=O) groups is 1. The number of fused-ring (bicyclic) bond motifs is 1. The molecule has 1 amide bonds. The molecule has 4 N–H and O–H groups in total. The molecule has 1 aromatic heterocycles. The number of aryl methyl sites for hydroxylation is 1. The van der Waals surface area contributed by atoms with Gasteiger partial charge in [0.25, 0.3) is 0 Å². The minimum atomic E-state index is -0.625. The van der Waals surface area contributed by atoms with Gasteiger partial charge < -0.3 is 21.1 Å². The minimum Gasteiger partial charge on any atom is -0.384 e. The zero-order valence-electron chi connectivity index (χ0n) is 17.6. The van der Waals surface area contributed by atoms with Gasteiger partial charge in [-0.05, 0) is 49.3 Å². The van der Waals surface area contributed by atoms with Gasteiger partial charge in [-0.25, -0.2) is 4.68 Å². The maximum absolute atomic E-state index is 12.2. The molecule has 1 fully saturated rings. The SMILES string of the molecule is C=CC(=O)N1CCC[C@H]1Cn1nc(C2CCc3ccccc3C2)c(C(N)OC)c1N. The van der Waals surface area contributed by atoms with E-state index in [9.17, 15) is 4.79 Å². The summed E-state index contributed by atoms with van der Waals surface area (Å²) in [5.74, 6) is 0.742. The molecular weight excluding hydrogens is 378 g/mol. The summed E-state index contributed by atoms with van der Waals surface area (Å²) in [4.78, 5) is 14.1. The van der Waals surface area contributed by atoms with E-state index >= 15 is 0 Å². The Morgan fingerprint density at radius 2 is 2.13 bits per heavy atom. The molecule has 160 valence electrons. The number of benzene rings is 1. The highest BCUT2D eigenvalue weighted by molar-refractivity contribution is 5.87. The Labute approximate surface area is 177 Å². The number of carbonyl (C=O) groups excluding carboxylic acids is 1. The van der Waals surface area contributed by atoms with Crippen LogP contribution in [0.25, 0.3) is 0 Å². The number of methoxy groups -OCH3 is 1. The number of hydrogen-bond acceptors (Lipinski definition) is 5. The molecule has 0 radical (unpaired) electrons. The summed E-state index contributed by atoms with van der Waals surface area (Å²) < 4.78 is 7.27. The number of ether oxygens (including phenoxy) is 1. The fourth-order valence-electron chi connectivity index (χ4n) is 4.92. The van der Waals surface area contributed by atoms with Gasteiger partial charge in [0.15, 0.2) is 0 Å². The molecule has 1 aliphatic heterocycles. The molecule has 0 saturated carbocycles. The molecule has 7 nitrogen and oxygen atoms in total. The molecular formula is C23H31N5O2. The van der Waals surface area contributed by atoms with Crippen molar-refractivity contribution in [3.05, 3.63) is 59.3 Å². The summed E-state index contributed by atoms with van der Waals surface area (Å²) in [6.45, 7) is 4.92. The van der Waals surface area contributed by atoms with Crippen molar-refractivity contribution in [1.29, 1.82) is 0 Å². The van der Waals surface area contributed by atoms with Crippen LogP contribution in [0.4, 0.5) is 5.82 Å². The van der Waals surface area contributed by atoms with E-state index in [4.69, 9.17) is 21.3 Å². The summed E-state index contributed by atoms with van der Waals surface area (Å²) in [5.41, 5.74) is 17.3. The number of rotatable bonds is 6. The van der Waals surface area contributed by atoms with Gasteiger partial charge in [0.2, 0.25) is 5.91 Å². The van der Waals surface area contributed by atoms with Crippen LogP contribution in [0, 0.1) is 0 Å². The summed E-state index contributed by atoms with van der Waals surface area (Å²) >= 11 is 0. The fraction of sp³-hybridized carbons (Fsp3) is 0.478. The molecule has 1 aromatic carbocycles. The molecule has 0 bridgehead atoms. The average Bonchev–Trinajstić information content (AvgIpc) is 3.37. The van der Waals surface area contributed by atoms with Crippen LogP contribution in [0.15, 0.2) is 36.9 Å². The van der Waals surface area contributed by atoms with E-state index < -0.39 is 6.23 Å². The molecule has 2 heterocycles. The molecule has 3 atom stereocenters. The Morgan fingerprint density at radius 1 is 1.37 bits per heavy atom. The summed E-state index contributed by atoms with van der Waals surface area (Å²) in [6.07, 6.45) is 5.59. The maximum Gasteiger partial charge on any atom is 0.246 e. The highest BCUT2D eigenvalue weighted by Gasteiger charge is 2.32. The molecule has 2 aromatic rings. The third-order valence-corrected chi connectivity index (χ3v) is 6.55. The van der Waals surface area contributed by atoms with Gasteiger partial charge >= 0.3 is 0 Å². The standard InChI is InChI=1S/C23H31N5O2/c1-3-19(29)27-12-6-9-18(27)14-28-22(24)20(23(25)30-2)21(26-28)17-11-10-15-7-4-5-8-16(15)13-17/h3-5,7-8,17-18,23H,1,6,9-14,24-25H2,2H3/t17?,18-,23?/m0/s1. The van der Waals surface area contributed by atoms with Crippen molar-refractivity contribution in [2.45, 2.75) is 56.8 Å². The second-order valence-corrected chi connectivity index (χ2v) is 8.26. The van der Waals surface area contributed by atoms with Gasteiger partial charge in [-0.15, -0.1) is 0 Å². The van der Waals surface area contributed by atoms with Crippen LogP contribution in [0.5, 0.6) is 0 Å². The zero-order valence-corrected chi connectivity index (χ0v) is 17.6. The number of hydrogen-bond donors (Lipinski definition) is 2. The first-order valence-corrected chi connectivity index (χ1v) is 10.7. The van der Waals surface area contributed by atoms with Gasteiger partial charge in [-0.1, -0.05) is 30.8 Å². The quantitative estimate of drug-likeness (QED) is 0.564. The summed E-state index contributed by atoms with van der Waals surface area (Å²) in [6, 6.07) is 8.63. The predicted octanol–water partition coefficient (Wildman–Crippen LogP) is 2.52. The van der Waals surface area contributed by atoms with Crippen LogP contribution >= 0.6 is 0 Å². The Kier molecular flexibility index (Phi) is 5.92. The Bertz CT molecular complexity index is 938. The number of amides is 1. The summed E-state index contributed by atoms with van der Waals surface area (Å²) in [5, 5.41) is 4.93. The lowest BCUT2D eigenvalue weighted by Crippen LogP contribution is -2.37. The van der Waals surface area contributed by atoms with E-state index in [2.05, 4.69) is 30.8 Å². The lowest BCUT2D eigenvalue weighted by molar-refractivity contribution is -0.127. The third kappa shape index (κ3) is 3.75. The number of likely N-dealkylation sites (tertiary alicyclic amines) is 1. The van der Waals surface area contributed by atoms with Gasteiger partial charge in [0.05, 0.1) is 23.8 Å². The number of nitrogen functional groups attached to an aromatic ring is 1. The first-order valence-electron chi connectivity index (χ1n) is 10.7. The van der Waals surface area contributed by atoms with Crippen molar-refractivity contribution in [1.82, 2.24) is 14.7 Å². The molecule has 2 aliphatic rings. The number of anilines is 1. The van der Waals surface area contributed by atoms with E-state index in [1.807, 2.05) is 9.58 Å². The largest absolute Gasteiger partial charge is 0.384 e. The second-order valence-electron chi connectivity index (χ2n) is 8.26. The normalized spacial score (nSPS) is 22.0. The van der Waals surface area contributed by atoms with Crippen molar-refractivity contribution in [2.75, 3.05) is 19.4 Å². The number of nitrogens with zero attached hydrogens (tertiary/aromatic N) is 3. The zero-order chi connectivity index (χ0) is 21.3. The van der Waals surface area contributed by atoms with Crippen LogP contribution in [-0.4, -0.2) is 40.3 Å². The van der Waals surface area contributed by atoms with Crippen molar-refractivity contribution in [3.8, 4) is 0 Å². The van der Waals surface area contributed by atoms with Crippen molar-refractivity contribution in [2.24, 2.45) is 5.73 Å². The first-order chi connectivity index (χ1) is 14.5. The van der Waals surface area contributed by atoms with Crippen LogP contribution in [0.1, 0.15) is 53.8 Å². The Balaban J connectivity index is 1.64. The van der Waals surface area contributed by atoms with Crippen LogP contribution in [-0.2, 0) is 28.9 Å².